The Kier molecular flexibility index (Phi) is 5.99. The number of carbonyl (C=O) groups is 1. The first-order chi connectivity index (χ1) is 12.5. The number of likely N-dealkylation sites (N-methyl/N-ethyl adjacent to an activating group) is 1. The summed E-state index contributed by atoms with van der Waals surface area (Å²) in [4.78, 5) is 17.4. The van der Waals surface area contributed by atoms with Crippen molar-refractivity contribution in [2.45, 2.75) is 44.2 Å². The smallest absolute Gasteiger partial charge is 0.326 e. The number of benzene rings is 1. The Morgan fingerprint density at radius 1 is 1.12 bits per heavy atom. The maximum absolute atomic E-state index is 12.9. The van der Waals surface area contributed by atoms with Gasteiger partial charge in [0.25, 0.3) is 0 Å². The van der Waals surface area contributed by atoms with E-state index in [-0.39, 0.29) is 12.1 Å². The molecule has 26 heavy (non-hydrogen) atoms. The van der Waals surface area contributed by atoms with Crippen molar-refractivity contribution >= 4 is 16.9 Å². The summed E-state index contributed by atoms with van der Waals surface area (Å²) < 4.78 is 1.80. The Morgan fingerprint density at radius 3 is 2.46 bits per heavy atom. The third-order valence-corrected chi connectivity index (χ3v) is 5.60. The van der Waals surface area contributed by atoms with Crippen molar-refractivity contribution in [2.75, 3.05) is 34.7 Å². The maximum atomic E-state index is 12.9. The lowest BCUT2D eigenvalue weighted by atomic mass is 9.91. The van der Waals surface area contributed by atoms with Crippen molar-refractivity contribution in [3.05, 3.63) is 36.0 Å². The van der Waals surface area contributed by atoms with Gasteiger partial charge >= 0.3 is 6.03 Å². The van der Waals surface area contributed by atoms with Gasteiger partial charge < -0.3 is 15.1 Å². The molecule has 5 nitrogen and oxygen atoms in total. The lowest BCUT2D eigenvalue weighted by Crippen LogP contribution is -2.43. The second-order valence-electron chi connectivity index (χ2n) is 8.01. The Labute approximate surface area is 157 Å². The van der Waals surface area contributed by atoms with E-state index in [4.69, 9.17) is 0 Å². The predicted molar refractivity (Wildman–Crippen MR) is 108 cm³/mol. The van der Waals surface area contributed by atoms with Gasteiger partial charge in [0.1, 0.15) is 0 Å². The summed E-state index contributed by atoms with van der Waals surface area (Å²) in [6.07, 6.45) is 7.39. The first-order valence-corrected chi connectivity index (χ1v) is 9.66. The number of aromatic nitrogens is 1. The van der Waals surface area contributed by atoms with E-state index in [1.165, 1.54) is 10.9 Å². The van der Waals surface area contributed by atoms with Crippen LogP contribution in [0.15, 0.2) is 30.5 Å². The molecule has 0 bridgehead atoms. The van der Waals surface area contributed by atoms with Crippen LogP contribution in [-0.2, 0) is 6.42 Å². The van der Waals surface area contributed by atoms with E-state index >= 15 is 0 Å². The number of para-hydroxylation sites is 1. The fourth-order valence-corrected chi connectivity index (χ4v) is 3.94. The van der Waals surface area contributed by atoms with Gasteiger partial charge in [0.15, 0.2) is 0 Å². The summed E-state index contributed by atoms with van der Waals surface area (Å²) in [6, 6.07) is 9.14. The summed E-state index contributed by atoms with van der Waals surface area (Å²) in [5.74, 6) is 0. The number of rotatable bonds is 5. The topological polar surface area (TPSA) is 40.5 Å². The minimum atomic E-state index is 0.00519. The van der Waals surface area contributed by atoms with E-state index in [1.54, 1.807) is 4.57 Å². The van der Waals surface area contributed by atoms with Crippen molar-refractivity contribution in [3.63, 3.8) is 0 Å². The largest absolute Gasteiger partial charge is 0.335 e. The first-order valence-electron chi connectivity index (χ1n) is 9.66. The Balaban J connectivity index is 1.72. The molecule has 1 heterocycles. The highest BCUT2D eigenvalue weighted by molar-refractivity contribution is 5.93. The molecule has 0 atom stereocenters. The molecule has 1 aliphatic rings. The molecular weight excluding hydrogens is 324 g/mol. The molecule has 1 N–H and O–H groups in total. The molecule has 1 aromatic carbocycles. The van der Waals surface area contributed by atoms with Crippen molar-refractivity contribution in [1.82, 2.24) is 19.7 Å². The molecule has 1 fully saturated rings. The molecule has 3 rings (SSSR count). The average Bonchev–Trinajstić information content (AvgIpc) is 2.99. The molecule has 0 radical (unpaired) electrons. The van der Waals surface area contributed by atoms with E-state index in [1.807, 2.05) is 24.4 Å². The summed E-state index contributed by atoms with van der Waals surface area (Å²) in [7, 11) is 8.45. The van der Waals surface area contributed by atoms with E-state index in [9.17, 15) is 4.79 Å². The Bertz CT molecular complexity index is 742. The highest BCUT2D eigenvalue weighted by Gasteiger charge is 2.24. The van der Waals surface area contributed by atoms with Crippen molar-refractivity contribution in [1.29, 1.82) is 0 Å². The van der Waals surface area contributed by atoms with Crippen LogP contribution >= 0.6 is 0 Å². The standard InChI is InChI=1S/C21H32N4O/c1-23(2)14-13-16-15-25(20-8-6-5-7-19(16)20)21(26)22-17-9-11-18(12-10-17)24(3)4/h5-8,15,17-18H,9-14H2,1-4H3,(H,22,26). The zero-order chi connectivity index (χ0) is 18.7. The van der Waals surface area contributed by atoms with Crippen molar-refractivity contribution < 1.29 is 4.79 Å². The zero-order valence-electron chi connectivity index (χ0n) is 16.5. The third kappa shape index (κ3) is 4.27. The van der Waals surface area contributed by atoms with Crippen LogP contribution in [0, 0.1) is 0 Å². The quantitative estimate of drug-likeness (QED) is 0.894. The molecule has 0 saturated heterocycles. The van der Waals surface area contributed by atoms with Crippen molar-refractivity contribution in [2.24, 2.45) is 0 Å². The second-order valence-corrected chi connectivity index (χ2v) is 8.01. The number of nitrogens with zero attached hydrogens (tertiary/aromatic N) is 3. The molecular formula is C21H32N4O. The first kappa shape index (κ1) is 18.9. The van der Waals surface area contributed by atoms with Crippen LogP contribution in [-0.4, -0.2) is 67.2 Å². The van der Waals surface area contributed by atoms with E-state index < -0.39 is 0 Å². The van der Waals surface area contributed by atoms with Gasteiger partial charge in [0.2, 0.25) is 0 Å². The molecule has 1 amide bonds. The summed E-state index contributed by atoms with van der Waals surface area (Å²) in [5, 5.41) is 4.44. The molecule has 1 aliphatic carbocycles. The molecule has 1 saturated carbocycles. The van der Waals surface area contributed by atoms with E-state index in [0.717, 1.165) is 44.2 Å². The number of nitrogens with one attached hydrogen (secondary N) is 1. The van der Waals surface area contributed by atoms with Crippen molar-refractivity contribution in [3.8, 4) is 0 Å². The van der Waals surface area contributed by atoms with Crippen LogP contribution in [0.4, 0.5) is 4.79 Å². The van der Waals surface area contributed by atoms with Gasteiger partial charge in [-0.05, 0) is 71.9 Å². The second kappa shape index (κ2) is 8.23. The highest BCUT2D eigenvalue weighted by atomic mass is 16.2. The van der Waals surface area contributed by atoms with E-state index in [0.29, 0.717) is 6.04 Å². The molecule has 5 heteroatoms. The van der Waals surface area contributed by atoms with Crippen LogP contribution in [0.1, 0.15) is 31.2 Å². The van der Waals surface area contributed by atoms with Gasteiger partial charge in [-0.3, -0.25) is 4.57 Å². The molecule has 0 unspecified atom stereocenters. The summed E-state index contributed by atoms with van der Waals surface area (Å²) in [5.41, 5.74) is 2.24. The Hall–Kier alpha value is -1.85. The lowest BCUT2D eigenvalue weighted by Gasteiger charge is -2.32. The average molecular weight is 357 g/mol. The van der Waals surface area contributed by atoms with Crippen LogP contribution < -0.4 is 5.32 Å². The number of amides is 1. The van der Waals surface area contributed by atoms with Crippen LogP contribution in [0.3, 0.4) is 0 Å². The number of fused-ring (bicyclic) bond motifs is 1. The molecule has 0 aliphatic heterocycles. The van der Waals surface area contributed by atoms with Gasteiger partial charge in [-0.2, -0.15) is 0 Å². The number of hydrogen-bond acceptors (Lipinski definition) is 3. The number of hydrogen-bond donors (Lipinski definition) is 1. The molecule has 2 aromatic rings. The lowest BCUT2D eigenvalue weighted by molar-refractivity contribution is 0.199. The Morgan fingerprint density at radius 2 is 1.81 bits per heavy atom. The maximum Gasteiger partial charge on any atom is 0.326 e. The SMILES string of the molecule is CN(C)CCc1cn(C(=O)NC2CCC(N(C)C)CC2)c2ccccc12. The minimum Gasteiger partial charge on any atom is -0.335 e. The van der Waals surface area contributed by atoms with Gasteiger partial charge in [-0.25, -0.2) is 4.79 Å². The fourth-order valence-electron chi connectivity index (χ4n) is 3.94. The highest BCUT2D eigenvalue weighted by Crippen LogP contribution is 2.24. The van der Waals surface area contributed by atoms with Gasteiger partial charge in [-0.1, -0.05) is 18.2 Å². The predicted octanol–water partition coefficient (Wildman–Crippen LogP) is 3.18. The molecule has 1 aromatic heterocycles. The van der Waals surface area contributed by atoms with Gasteiger partial charge in [0.05, 0.1) is 5.52 Å². The number of carbonyl (C=O) groups excluding carboxylic acids is 1. The monoisotopic (exact) mass is 356 g/mol. The van der Waals surface area contributed by atoms with E-state index in [2.05, 4.69) is 49.4 Å². The van der Waals surface area contributed by atoms with Gasteiger partial charge in [-0.15, -0.1) is 0 Å². The third-order valence-electron chi connectivity index (χ3n) is 5.60. The van der Waals surface area contributed by atoms with Crippen LogP contribution in [0.2, 0.25) is 0 Å². The molecule has 142 valence electrons. The minimum absolute atomic E-state index is 0.00519. The van der Waals surface area contributed by atoms with Gasteiger partial charge in [0, 0.05) is 30.2 Å². The summed E-state index contributed by atoms with van der Waals surface area (Å²) >= 11 is 0. The van der Waals surface area contributed by atoms with Crippen LogP contribution in [0.25, 0.3) is 10.9 Å². The normalized spacial score (nSPS) is 20.8. The summed E-state index contributed by atoms with van der Waals surface area (Å²) in [6.45, 7) is 0.976. The molecule has 0 spiro atoms. The van der Waals surface area contributed by atoms with Crippen LogP contribution in [0.5, 0.6) is 0 Å². The zero-order valence-corrected chi connectivity index (χ0v) is 16.5. The fraction of sp³-hybridized carbons (Fsp3) is 0.571.